The van der Waals surface area contributed by atoms with E-state index in [1.54, 1.807) is 11.8 Å². The molecule has 19 heavy (non-hydrogen) atoms. The highest BCUT2D eigenvalue weighted by Crippen LogP contribution is 2.28. The summed E-state index contributed by atoms with van der Waals surface area (Å²) in [5.41, 5.74) is 0. The number of carbonyl (C=O) groups is 1. The van der Waals surface area contributed by atoms with Crippen LogP contribution >= 0.6 is 0 Å². The minimum absolute atomic E-state index is 0.0426. The van der Waals surface area contributed by atoms with E-state index in [1.807, 2.05) is 25.9 Å². The largest absolute Gasteiger partial charge is 0.374 e. The minimum Gasteiger partial charge on any atom is -0.374 e. The van der Waals surface area contributed by atoms with E-state index in [2.05, 4.69) is 10.1 Å². The number of likely N-dealkylation sites (N-methyl/N-ethyl adjacent to an activating group) is 1. The van der Waals surface area contributed by atoms with Crippen molar-refractivity contribution < 1.29 is 14.1 Å². The van der Waals surface area contributed by atoms with Crippen LogP contribution in [0.5, 0.6) is 0 Å². The lowest BCUT2D eigenvalue weighted by Gasteiger charge is -2.38. The van der Waals surface area contributed by atoms with Crippen LogP contribution < -0.4 is 0 Å². The Labute approximate surface area is 112 Å². The number of hydrogen-bond acceptors (Lipinski definition) is 6. The number of rotatable bonds is 3. The Kier molecular flexibility index (Phi) is 4.16. The van der Waals surface area contributed by atoms with Crippen LogP contribution in [-0.4, -0.2) is 65.7 Å². The number of aromatic nitrogens is 2. The lowest BCUT2D eigenvalue weighted by Crippen LogP contribution is -2.49. The molecule has 1 fully saturated rings. The number of carbonyl (C=O) groups excluding carboxylic acids is 1. The fraction of sp³-hybridized carbons (Fsp3) is 0.750. The molecule has 0 unspecified atom stereocenters. The molecule has 1 aromatic rings. The predicted octanol–water partition coefficient (Wildman–Crippen LogP) is 0.228. The zero-order chi connectivity index (χ0) is 14.0. The molecule has 1 aliphatic rings. The molecular formula is C12H20N4O3. The molecule has 1 saturated heterocycles. The quantitative estimate of drug-likeness (QED) is 0.781. The van der Waals surface area contributed by atoms with Gasteiger partial charge >= 0.3 is 0 Å². The van der Waals surface area contributed by atoms with Gasteiger partial charge in [0, 0.05) is 6.54 Å². The number of morpholine rings is 1. The van der Waals surface area contributed by atoms with E-state index in [4.69, 9.17) is 9.26 Å². The molecule has 1 amide bonds. The summed E-state index contributed by atoms with van der Waals surface area (Å²) in [7, 11) is 3.74. The van der Waals surface area contributed by atoms with E-state index in [9.17, 15) is 4.79 Å². The first-order valence-corrected chi connectivity index (χ1v) is 6.35. The second kappa shape index (κ2) is 5.66. The number of ether oxygens (including phenoxy) is 1. The van der Waals surface area contributed by atoms with Crippen LogP contribution in [0, 0.1) is 6.92 Å². The van der Waals surface area contributed by atoms with Crippen molar-refractivity contribution in [3.8, 4) is 0 Å². The van der Waals surface area contributed by atoms with Gasteiger partial charge in [-0.05, 0) is 27.9 Å². The molecule has 0 radical (unpaired) electrons. The molecule has 7 nitrogen and oxygen atoms in total. The van der Waals surface area contributed by atoms with Crippen LogP contribution in [0.15, 0.2) is 4.52 Å². The van der Waals surface area contributed by atoms with Crippen molar-refractivity contribution in [3.63, 3.8) is 0 Å². The van der Waals surface area contributed by atoms with Gasteiger partial charge in [-0.25, -0.2) is 0 Å². The van der Waals surface area contributed by atoms with Crippen LogP contribution in [0.3, 0.4) is 0 Å². The van der Waals surface area contributed by atoms with Crippen molar-refractivity contribution in [1.29, 1.82) is 0 Å². The smallest absolute Gasteiger partial charge is 0.252 e. The molecule has 2 heterocycles. The fourth-order valence-corrected chi connectivity index (χ4v) is 2.23. The van der Waals surface area contributed by atoms with Gasteiger partial charge in [0.1, 0.15) is 6.04 Å². The van der Waals surface area contributed by atoms with E-state index >= 15 is 0 Å². The second-order valence-corrected chi connectivity index (χ2v) is 5.03. The van der Waals surface area contributed by atoms with E-state index in [0.717, 1.165) is 0 Å². The fourth-order valence-electron chi connectivity index (χ4n) is 2.23. The van der Waals surface area contributed by atoms with Gasteiger partial charge in [0.05, 0.1) is 19.3 Å². The Morgan fingerprint density at radius 2 is 2.26 bits per heavy atom. The number of hydrogen-bond donors (Lipinski definition) is 0. The van der Waals surface area contributed by atoms with Gasteiger partial charge in [0.25, 0.3) is 5.89 Å². The maximum atomic E-state index is 12.3. The third-order valence-electron chi connectivity index (χ3n) is 3.06. The van der Waals surface area contributed by atoms with Crippen LogP contribution in [0.2, 0.25) is 0 Å². The monoisotopic (exact) mass is 268 g/mol. The van der Waals surface area contributed by atoms with Gasteiger partial charge in [-0.15, -0.1) is 0 Å². The maximum Gasteiger partial charge on any atom is 0.252 e. The van der Waals surface area contributed by atoms with E-state index in [1.165, 1.54) is 0 Å². The van der Waals surface area contributed by atoms with Gasteiger partial charge in [0.15, 0.2) is 5.82 Å². The Morgan fingerprint density at radius 3 is 2.84 bits per heavy atom. The van der Waals surface area contributed by atoms with Crippen molar-refractivity contribution in [2.45, 2.75) is 26.0 Å². The van der Waals surface area contributed by atoms with Crippen LogP contribution in [-0.2, 0) is 9.53 Å². The Morgan fingerprint density at radius 1 is 1.53 bits per heavy atom. The molecule has 1 aliphatic heterocycles. The average Bonchev–Trinajstić information content (AvgIpc) is 2.74. The van der Waals surface area contributed by atoms with Gasteiger partial charge in [-0.2, -0.15) is 4.98 Å². The van der Waals surface area contributed by atoms with Crippen LogP contribution in [0.1, 0.15) is 24.7 Å². The number of amides is 1. The Bertz CT molecular complexity index is 446. The topological polar surface area (TPSA) is 71.7 Å². The first kappa shape index (κ1) is 14.0. The molecule has 0 bridgehead atoms. The molecule has 0 saturated carbocycles. The summed E-state index contributed by atoms with van der Waals surface area (Å²) < 4.78 is 10.8. The van der Waals surface area contributed by atoms with Crippen molar-refractivity contribution in [2.75, 3.05) is 33.8 Å². The zero-order valence-corrected chi connectivity index (χ0v) is 11.8. The summed E-state index contributed by atoms with van der Waals surface area (Å²) in [5, 5.41) is 3.79. The molecule has 2 atom stereocenters. The van der Waals surface area contributed by atoms with E-state index in [-0.39, 0.29) is 18.1 Å². The predicted molar refractivity (Wildman–Crippen MR) is 67.5 cm³/mol. The summed E-state index contributed by atoms with van der Waals surface area (Å²) in [6, 6.07) is -0.303. The first-order valence-electron chi connectivity index (χ1n) is 6.35. The van der Waals surface area contributed by atoms with Crippen molar-refractivity contribution in [3.05, 3.63) is 11.7 Å². The highest BCUT2D eigenvalue weighted by Gasteiger charge is 2.37. The van der Waals surface area contributed by atoms with E-state index < -0.39 is 0 Å². The van der Waals surface area contributed by atoms with Gasteiger partial charge in [-0.1, -0.05) is 5.16 Å². The maximum absolute atomic E-state index is 12.3. The molecule has 106 valence electrons. The molecule has 0 aromatic carbocycles. The first-order chi connectivity index (χ1) is 8.99. The number of nitrogens with zero attached hydrogens (tertiary/aromatic N) is 4. The normalized spacial score (nSPS) is 23.9. The Hall–Kier alpha value is -1.47. The summed E-state index contributed by atoms with van der Waals surface area (Å²) in [5.74, 6) is 1.05. The molecule has 2 rings (SSSR count). The highest BCUT2D eigenvalue weighted by atomic mass is 16.5. The van der Waals surface area contributed by atoms with E-state index in [0.29, 0.717) is 31.4 Å². The molecule has 1 aromatic heterocycles. The van der Waals surface area contributed by atoms with Gasteiger partial charge in [-0.3, -0.25) is 4.79 Å². The lowest BCUT2D eigenvalue weighted by atomic mass is 10.1. The minimum atomic E-state index is -0.303. The molecule has 7 heteroatoms. The second-order valence-electron chi connectivity index (χ2n) is 5.03. The van der Waals surface area contributed by atoms with Gasteiger partial charge < -0.3 is 19.1 Å². The summed E-state index contributed by atoms with van der Waals surface area (Å²) in [6.07, 6.45) is -0.153. The lowest BCUT2D eigenvalue weighted by molar-refractivity contribution is -0.148. The molecule has 0 N–H and O–H groups in total. The summed E-state index contributed by atoms with van der Waals surface area (Å²) >= 11 is 0. The van der Waals surface area contributed by atoms with Crippen LogP contribution in [0.4, 0.5) is 0 Å². The van der Waals surface area contributed by atoms with Crippen molar-refractivity contribution in [2.24, 2.45) is 0 Å². The zero-order valence-electron chi connectivity index (χ0n) is 11.8. The molecular weight excluding hydrogens is 248 g/mol. The van der Waals surface area contributed by atoms with Gasteiger partial charge in [0.2, 0.25) is 5.91 Å². The molecule has 0 spiro atoms. The standard InChI is InChI=1S/C12H20N4O3/c1-8-11(12-13-9(2)14-19-12)16(5-6-18-8)10(17)7-15(3)4/h8,11H,5-7H2,1-4H3/t8-,11+/m1/s1. The number of aryl methyl sites for hydroxylation is 1. The third kappa shape index (κ3) is 3.10. The molecule has 0 aliphatic carbocycles. The van der Waals surface area contributed by atoms with Crippen LogP contribution in [0.25, 0.3) is 0 Å². The highest BCUT2D eigenvalue weighted by molar-refractivity contribution is 5.78. The summed E-state index contributed by atoms with van der Waals surface area (Å²) in [4.78, 5) is 20.1. The van der Waals surface area contributed by atoms with Crippen molar-refractivity contribution in [1.82, 2.24) is 19.9 Å². The average molecular weight is 268 g/mol. The SMILES string of the molecule is Cc1noc([C@@H]2[C@@H](C)OCCN2C(=O)CN(C)C)n1. The Balaban J connectivity index is 2.21. The third-order valence-corrected chi connectivity index (χ3v) is 3.06. The van der Waals surface area contributed by atoms with Crippen molar-refractivity contribution >= 4 is 5.91 Å². The summed E-state index contributed by atoms with van der Waals surface area (Å²) in [6.45, 7) is 5.11.